The predicted molar refractivity (Wildman–Crippen MR) is 82.6 cm³/mol. The van der Waals surface area contributed by atoms with Crippen LogP contribution in [0.25, 0.3) is 0 Å². The van der Waals surface area contributed by atoms with Gasteiger partial charge in [0.05, 0.1) is 12.7 Å². The highest BCUT2D eigenvalue weighted by Gasteiger charge is 2.33. The summed E-state index contributed by atoms with van der Waals surface area (Å²) < 4.78 is 11.1. The number of benzene rings is 1. The first-order chi connectivity index (χ1) is 10.4. The summed E-state index contributed by atoms with van der Waals surface area (Å²) in [7, 11) is 1.64. The molecule has 2 atom stereocenters. The zero-order valence-corrected chi connectivity index (χ0v) is 13.6. The highest BCUT2D eigenvalue weighted by atomic mass is 16.5. The number of methoxy groups -OCH3 is 1. The molecule has 2 rings (SSSR count). The quantitative estimate of drug-likeness (QED) is 0.808. The van der Waals surface area contributed by atoms with Crippen LogP contribution < -0.4 is 9.84 Å². The number of rotatable bonds is 6. The van der Waals surface area contributed by atoms with E-state index in [0.29, 0.717) is 18.9 Å². The number of carboxylic acid groups (broad SMARTS) is 1. The molecule has 0 spiro atoms. The van der Waals surface area contributed by atoms with Crippen LogP contribution in [0.2, 0.25) is 0 Å². The van der Waals surface area contributed by atoms with Gasteiger partial charge in [-0.3, -0.25) is 0 Å². The topological polar surface area (TPSA) is 58.6 Å². The van der Waals surface area contributed by atoms with E-state index in [0.717, 1.165) is 24.2 Å². The maximum absolute atomic E-state index is 11.2. The standard InChI is InChI=1S/C18H26O4/c1-18(2)12-14(8-9-22-18)15(11-17(19)20)10-13-6-4-5-7-16(13)21-3/h4-7,14-15H,8-12H2,1-3H3,(H,19,20)/p-1/t14-,15-/m0/s1. The lowest BCUT2D eigenvalue weighted by Gasteiger charge is -2.39. The van der Waals surface area contributed by atoms with E-state index in [1.54, 1.807) is 7.11 Å². The summed E-state index contributed by atoms with van der Waals surface area (Å²) in [5.74, 6) is 0.206. The molecule has 1 aromatic carbocycles. The molecular weight excluding hydrogens is 280 g/mol. The minimum Gasteiger partial charge on any atom is -0.550 e. The molecule has 1 saturated heterocycles. The summed E-state index contributed by atoms with van der Waals surface area (Å²) in [6.45, 7) is 4.82. The van der Waals surface area contributed by atoms with E-state index in [1.807, 2.05) is 24.3 Å². The van der Waals surface area contributed by atoms with Crippen LogP contribution in [0, 0.1) is 11.8 Å². The molecule has 4 nitrogen and oxygen atoms in total. The van der Waals surface area contributed by atoms with E-state index in [9.17, 15) is 9.90 Å². The van der Waals surface area contributed by atoms with E-state index >= 15 is 0 Å². The van der Waals surface area contributed by atoms with E-state index in [2.05, 4.69) is 13.8 Å². The number of carbonyl (C=O) groups excluding carboxylic acids is 1. The fourth-order valence-electron chi connectivity index (χ4n) is 3.46. The van der Waals surface area contributed by atoms with Crippen LogP contribution in [0.4, 0.5) is 0 Å². The number of carboxylic acids is 1. The first-order valence-electron chi connectivity index (χ1n) is 7.87. The Bertz CT molecular complexity index is 510. The second-order valence-corrected chi connectivity index (χ2v) is 6.71. The van der Waals surface area contributed by atoms with Crippen molar-refractivity contribution in [3.8, 4) is 5.75 Å². The number of hydrogen-bond acceptors (Lipinski definition) is 4. The summed E-state index contributed by atoms with van der Waals surface area (Å²) in [6.07, 6.45) is 2.55. The Morgan fingerprint density at radius 1 is 1.45 bits per heavy atom. The second kappa shape index (κ2) is 7.14. The van der Waals surface area contributed by atoms with Crippen molar-refractivity contribution in [2.45, 2.75) is 45.1 Å². The first kappa shape index (κ1) is 16.8. The van der Waals surface area contributed by atoms with Gasteiger partial charge in [0.2, 0.25) is 0 Å². The zero-order chi connectivity index (χ0) is 16.2. The van der Waals surface area contributed by atoms with Crippen molar-refractivity contribution < 1.29 is 19.4 Å². The Morgan fingerprint density at radius 3 is 2.82 bits per heavy atom. The molecular formula is C18H25O4-. The Morgan fingerprint density at radius 2 is 2.18 bits per heavy atom. The summed E-state index contributed by atoms with van der Waals surface area (Å²) in [4.78, 5) is 11.2. The van der Waals surface area contributed by atoms with E-state index < -0.39 is 5.97 Å². The van der Waals surface area contributed by atoms with Crippen molar-refractivity contribution in [2.24, 2.45) is 11.8 Å². The molecule has 0 radical (unpaired) electrons. The van der Waals surface area contributed by atoms with Crippen molar-refractivity contribution in [1.82, 2.24) is 0 Å². The second-order valence-electron chi connectivity index (χ2n) is 6.71. The summed E-state index contributed by atoms with van der Waals surface area (Å²) in [6, 6.07) is 7.81. The Balaban J connectivity index is 2.17. The molecule has 122 valence electrons. The van der Waals surface area contributed by atoms with Crippen LogP contribution in [-0.2, 0) is 16.0 Å². The fourth-order valence-corrected chi connectivity index (χ4v) is 3.46. The van der Waals surface area contributed by atoms with Crippen LogP contribution in [0.3, 0.4) is 0 Å². The zero-order valence-electron chi connectivity index (χ0n) is 13.6. The smallest absolute Gasteiger partial charge is 0.122 e. The summed E-state index contributed by atoms with van der Waals surface area (Å²) >= 11 is 0. The van der Waals surface area contributed by atoms with Gasteiger partial charge in [-0.05, 0) is 63.0 Å². The minimum atomic E-state index is -0.982. The molecule has 0 saturated carbocycles. The van der Waals surface area contributed by atoms with Crippen LogP contribution >= 0.6 is 0 Å². The van der Waals surface area contributed by atoms with Gasteiger partial charge in [-0.1, -0.05) is 18.2 Å². The van der Waals surface area contributed by atoms with Crippen molar-refractivity contribution in [1.29, 1.82) is 0 Å². The molecule has 1 aromatic rings. The number of para-hydroxylation sites is 1. The predicted octanol–water partition coefficient (Wildman–Crippen LogP) is 2.20. The van der Waals surface area contributed by atoms with Gasteiger partial charge < -0.3 is 19.4 Å². The van der Waals surface area contributed by atoms with Gasteiger partial charge in [0.25, 0.3) is 0 Å². The average Bonchev–Trinajstić information content (AvgIpc) is 2.45. The first-order valence-corrected chi connectivity index (χ1v) is 7.87. The number of ether oxygens (including phenoxy) is 2. The molecule has 0 bridgehead atoms. The van der Waals surface area contributed by atoms with Crippen LogP contribution in [0.1, 0.15) is 38.7 Å². The Kier molecular flexibility index (Phi) is 5.46. The number of carbonyl (C=O) groups is 1. The molecule has 22 heavy (non-hydrogen) atoms. The normalized spacial score (nSPS) is 22.0. The summed E-state index contributed by atoms with van der Waals surface area (Å²) in [5.41, 5.74) is 0.869. The molecule has 1 aliphatic rings. The lowest BCUT2D eigenvalue weighted by Crippen LogP contribution is -2.39. The number of aliphatic carboxylic acids is 1. The van der Waals surface area contributed by atoms with Crippen molar-refractivity contribution in [3.63, 3.8) is 0 Å². The minimum absolute atomic E-state index is 0.0458. The van der Waals surface area contributed by atoms with Gasteiger partial charge in [0, 0.05) is 12.6 Å². The molecule has 1 heterocycles. The Hall–Kier alpha value is -1.55. The average molecular weight is 305 g/mol. The molecule has 1 aliphatic heterocycles. The van der Waals surface area contributed by atoms with Crippen molar-refractivity contribution >= 4 is 5.97 Å². The molecule has 0 aliphatic carbocycles. The van der Waals surface area contributed by atoms with Gasteiger partial charge >= 0.3 is 0 Å². The van der Waals surface area contributed by atoms with Crippen LogP contribution in [0.15, 0.2) is 24.3 Å². The van der Waals surface area contributed by atoms with Crippen molar-refractivity contribution in [2.75, 3.05) is 13.7 Å². The third-order valence-corrected chi connectivity index (χ3v) is 4.51. The maximum Gasteiger partial charge on any atom is 0.122 e. The highest BCUT2D eigenvalue weighted by Crippen LogP contribution is 2.37. The van der Waals surface area contributed by atoms with E-state index in [1.165, 1.54) is 0 Å². The van der Waals surface area contributed by atoms with E-state index in [4.69, 9.17) is 9.47 Å². The lowest BCUT2D eigenvalue weighted by molar-refractivity contribution is -0.307. The van der Waals surface area contributed by atoms with Gasteiger partial charge in [-0.15, -0.1) is 0 Å². The molecule has 0 unspecified atom stereocenters. The number of hydrogen-bond donors (Lipinski definition) is 0. The lowest BCUT2D eigenvalue weighted by atomic mass is 9.75. The van der Waals surface area contributed by atoms with Crippen molar-refractivity contribution in [3.05, 3.63) is 29.8 Å². The molecule has 1 fully saturated rings. The van der Waals surface area contributed by atoms with Crippen LogP contribution in [0.5, 0.6) is 5.75 Å². The molecule has 0 N–H and O–H groups in total. The van der Waals surface area contributed by atoms with Gasteiger partial charge in [-0.25, -0.2) is 0 Å². The van der Waals surface area contributed by atoms with Gasteiger partial charge in [-0.2, -0.15) is 0 Å². The maximum atomic E-state index is 11.2. The SMILES string of the molecule is COc1ccccc1C[C@@H](CC(=O)[O-])[C@H]1CCOC(C)(C)C1. The summed E-state index contributed by atoms with van der Waals surface area (Å²) in [5, 5.41) is 11.2. The molecule has 0 aromatic heterocycles. The van der Waals surface area contributed by atoms with E-state index in [-0.39, 0.29) is 17.9 Å². The highest BCUT2D eigenvalue weighted by molar-refractivity contribution is 5.64. The third kappa shape index (κ3) is 4.47. The fraction of sp³-hybridized carbons (Fsp3) is 0.611. The third-order valence-electron chi connectivity index (χ3n) is 4.51. The Labute approximate surface area is 132 Å². The molecule has 4 heteroatoms. The van der Waals surface area contributed by atoms with Crippen LogP contribution in [-0.4, -0.2) is 25.3 Å². The van der Waals surface area contributed by atoms with Gasteiger partial charge in [0.1, 0.15) is 5.75 Å². The molecule has 0 amide bonds. The van der Waals surface area contributed by atoms with Gasteiger partial charge in [0.15, 0.2) is 0 Å². The monoisotopic (exact) mass is 305 g/mol. The largest absolute Gasteiger partial charge is 0.550 e.